The van der Waals surface area contributed by atoms with Gasteiger partial charge < -0.3 is 18.9 Å². The summed E-state index contributed by atoms with van der Waals surface area (Å²) in [6.45, 7) is 5.97. The van der Waals surface area contributed by atoms with Crippen molar-refractivity contribution in [3.05, 3.63) is 95.4 Å². The van der Waals surface area contributed by atoms with Gasteiger partial charge in [0.05, 0.1) is 23.3 Å². The van der Waals surface area contributed by atoms with Gasteiger partial charge in [-0.3, -0.25) is 0 Å². The van der Waals surface area contributed by atoms with E-state index < -0.39 is 47.1 Å². The van der Waals surface area contributed by atoms with E-state index >= 15 is 0 Å². The average molecular weight is 543 g/mol. The fourth-order valence-corrected chi connectivity index (χ4v) is 4.70. The standard InChI is InChI=1S/C29H34O8S/c1-3-5-17-34-27-24(20-38(32)33)25(12-4-2)37-26(27)18-23(36-29(31)22-15-10-7-11-16-22)19-35-28(30)21-13-8-6-9-14-21/h4,6-11,13-16,20,23,25-27,38H,2-3,5,12,17-19H2,1H3/t23-,25-,26+,27+/m0/s1. The predicted molar refractivity (Wildman–Crippen MR) is 144 cm³/mol. The number of carbonyl (C=O) groups is 2. The molecule has 0 amide bonds. The molecule has 1 aliphatic heterocycles. The molecule has 0 aliphatic carbocycles. The third kappa shape index (κ3) is 8.65. The Morgan fingerprint density at radius 3 is 2.24 bits per heavy atom. The number of rotatable bonds is 14. The van der Waals surface area contributed by atoms with E-state index in [1.807, 2.05) is 6.92 Å². The summed E-state index contributed by atoms with van der Waals surface area (Å²) in [4.78, 5) is 25.5. The molecule has 0 unspecified atom stereocenters. The SMILES string of the molecule is C=CC[C@@H]1O[C@H](C[C@@H](COC(=O)c2ccccc2)OC(=O)c2ccccc2)[C@H](OCCCC)C1=C[SH](=O)=O. The molecule has 2 aromatic carbocycles. The lowest BCUT2D eigenvalue weighted by molar-refractivity contribution is -0.0591. The Balaban J connectivity index is 1.83. The summed E-state index contributed by atoms with van der Waals surface area (Å²) < 4.78 is 46.8. The highest BCUT2D eigenvalue weighted by atomic mass is 32.2. The number of carbonyl (C=O) groups excluding carboxylic acids is 2. The minimum atomic E-state index is -2.83. The minimum absolute atomic E-state index is 0.123. The number of hydrogen-bond acceptors (Lipinski definition) is 8. The molecule has 4 atom stereocenters. The lowest BCUT2D eigenvalue weighted by Gasteiger charge is -2.25. The van der Waals surface area contributed by atoms with E-state index in [0.29, 0.717) is 29.7 Å². The molecule has 38 heavy (non-hydrogen) atoms. The first-order chi connectivity index (χ1) is 18.4. The molecule has 1 saturated heterocycles. The van der Waals surface area contributed by atoms with Crippen molar-refractivity contribution < 1.29 is 37.0 Å². The van der Waals surface area contributed by atoms with Crippen LogP contribution in [0.15, 0.2) is 84.3 Å². The van der Waals surface area contributed by atoms with Crippen LogP contribution in [-0.2, 0) is 29.7 Å². The maximum atomic E-state index is 12.9. The fourth-order valence-electron chi connectivity index (χ4n) is 4.15. The molecule has 0 N–H and O–H groups in total. The zero-order valence-electron chi connectivity index (χ0n) is 21.4. The highest BCUT2D eigenvalue weighted by molar-refractivity contribution is 7.75. The van der Waals surface area contributed by atoms with E-state index in [-0.39, 0.29) is 13.0 Å². The number of thiol groups is 1. The van der Waals surface area contributed by atoms with Gasteiger partial charge in [0, 0.05) is 24.0 Å². The van der Waals surface area contributed by atoms with Crippen molar-refractivity contribution in [3.63, 3.8) is 0 Å². The summed E-state index contributed by atoms with van der Waals surface area (Å²) in [5.74, 6) is -1.13. The van der Waals surface area contributed by atoms with Crippen molar-refractivity contribution in [3.8, 4) is 0 Å². The van der Waals surface area contributed by atoms with E-state index in [2.05, 4.69) is 6.58 Å². The van der Waals surface area contributed by atoms with E-state index in [4.69, 9.17) is 18.9 Å². The monoisotopic (exact) mass is 542 g/mol. The van der Waals surface area contributed by atoms with Gasteiger partial charge in [-0.05, 0) is 37.1 Å². The smallest absolute Gasteiger partial charge is 0.338 e. The Bertz CT molecular complexity index is 1150. The van der Waals surface area contributed by atoms with Crippen LogP contribution < -0.4 is 0 Å². The number of unbranched alkanes of at least 4 members (excludes halogenated alkanes) is 1. The second kappa shape index (κ2) is 15.2. The van der Waals surface area contributed by atoms with Crippen molar-refractivity contribution in [2.45, 2.75) is 57.0 Å². The third-order valence-electron chi connectivity index (χ3n) is 6.00. The number of benzene rings is 2. The van der Waals surface area contributed by atoms with E-state index in [9.17, 15) is 18.0 Å². The summed E-state index contributed by atoms with van der Waals surface area (Å²) in [6.07, 6.45) is 1.12. The van der Waals surface area contributed by atoms with E-state index in [0.717, 1.165) is 18.2 Å². The first-order valence-corrected chi connectivity index (χ1v) is 13.9. The number of hydrogen-bond donors (Lipinski definition) is 1. The topological polar surface area (TPSA) is 105 Å². The Labute approximate surface area is 225 Å². The largest absolute Gasteiger partial charge is 0.458 e. The Morgan fingerprint density at radius 1 is 1.03 bits per heavy atom. The maximum Gasteiger partial charge on any atom is 0.338 e. The molecule has 2 aromatic rings. The van der Waals surface area contributed by atoms with Crippen molar-refractivity contribution in [2.24, 2.45) is 0 Å². The summed E-state index contributed by atoms with van der Waals surface area (Å²) >= 11 is 0. The second-order valence-corrected chi connectivity index (χ2v) is 9.67. The predicted octanol–water partition coefficient (Wildman–Crippen LogP) is 4.48. The van der Waals surface area contributed by atoms with Crippen molar-refractivity contribution >= 4 is 22.6 Å². The van der Waals surface area contributed by atoms with Crippen molar-refractivity contribution in [2.75, 3.05) is 13.2 Å². The normalized spacial score (nSPS) is 20.8. The lowest BCUT2D eigenvalue weighted by Crippen LogP contribution is -2.35. The Kier molecular flexibility index (Phi) is 11.7. The van der Waals surface area contributed by atoms with Crippen LogP contribution in [0.4, 0.5) is 0 Å². The maximum absolute atomic E-state index is 12.9. The molecule has 1 heterocycles. The van der Waals surface area contributed by atoms with Crippen molar-refractivity contribution in [1.29, 1.82) is 0 Å². The molecule has 204 valence electrons. The summed E-state index contributed by atoms with van der Waals surface area (Å²) in [5.41, 5.74) is 1.22. The summed E-state index contributed by atoms with van der Waals surface area (Å²) in [7, 11) is -2.83. The molecular weight excluding hydrogens is 508 g/mol. The van der Waals surface area contributed by atoms with Gasteiger partial charge in [0.15, 0.2) is 10.7 Å². The highest BCUT2D eigenvalue weighted by Crippen LogP contribution is 2.34. The van der Waals surface area contributed by atoms with Crippen LogP contribution in [0.25, 0.3) is 0 Å². The minimum Gasteiger partial charge on any atom is -0.458 e. The molecule has 8 nitrogen and oxygen atoms in total. The summed E-state index contributed by atoms with van der Waals surface area (Å²) in [5, 5.41) is 1.15. The molecule has 0 bridgehead atoms. The molecule has 0 spiro atoms. The van der Waals surface area contributed by atoms with E-state index in [1.54, 1.807) is 66.7 Å². The fraction of sp³-hybridized carbons (Fsp3) is 0.379. The Morgan fingerprint density at radius 2 is 1.66 bits per heavy atom. The van der Waals surface area contributed by atoms with Crippen LogP contribution in [0.3, 0.4) is 0 Å². The van der Waals surface area contributed by atoms with Crippen LogP contribution in [-0.4, -0.2) is 58.0 Å². The molecule has 9 heteroatoms. The average Bonchev–Trinajstić information content (AvgIpc) is 3.23. The second-order valence-electron chi connectivity index (χ2n) is 8.84. The lowest BCUT2D eigenvalue weighted by atomic mass is 10.00. The highest BCUT2D eigenvalue weighted by Gasteiger charge is 2.42. The van der Waals surface area contributed by atoms with Crippen LogP contribution >= 0.6 is 0 Å². The Hall–Kier alpha value is -3.27. The first-order valence-electron chi connectivity index (χ1n) is 12.6. The van der Waals surface area contributed by atoms with Gasteiger partial charge in [0.1, 0.15) is 18.8 Å². The molecule has 0 aromatic heterocycles. The molecular formula is C29H34O8S. The van der Waals surface area contributed by atoms with Crippen molar-refractivity contribution in [1.82, 2.24) is 0 Å². The quantitative estimate of drug-likeness (QED) is 0.161. The number of ether oxygens (including phenoxy) is 4. The molecule has 3 rings (SSSR count). The molecule has 0 saturated carbocycles. The summed E-state index contributed by atoms with van der Waals surface area (Å²) in [6, 6.07) is 17.0. The van der Waals surface area contributed by atoms with Gasteiger partial charge in [0.25, 0.3) is 0 Å². The van der Waals surface area contributed by atoms with Gasteiger partial charge in [-0.15, -0.1) is 6.58 Å². The van der Waals surface area contributed by atoms with Crippen LogP contribution in [0.5, 0.6) is 0 Å². The first kappa shape index (κ1) is 29.3. The molecule has 1 aliphatic rings. The van der Waals surface area contributed by atoms with Gasteiger partial charge in [-0.25, -0.2) is 18.0 Å². The molecule has 0 radical (unpaired) electrons. The van der Waals surface area contributed by atoms with Crippen LogP contribution in [0.2, 0.25) is 0 Å². The van der Waals surface area contributed by atoms with Gasteiger partial charge in [-0.2, -0.15) is 0 Å². The van der Waals surface area contributed by atoms with Crippen LogP contribution in [0.1, 0.15) is 53.3 Å². The molecule has 1 fully saturated rings. The van der Waals surface area contributed by atoms with E-state index in [1.165, 1.54) is 0 Å². The third-order valence-corrected chi connectivity index (χ3v) is 6.50. The van der Waals surface area contributed by atoms with Crippen LogP contribution in [0, 0.1) is 0 Å². The van der Waals surface area contributed by atoms with Gasteiger partial charge in [0.2, 0.25) is 0 Å². The zero-order chi connectivity index (χ0) is 27.3. The zero-order valence-corrected chi connectivity index (χ0v) is 22.3. The number of esters is 2. The van der Waals surface area contributed by atoms with Gasteiger partial charge in [-0.1, -0.05) is 55.8 Å². The van der Waals surface area contributed by atoms with Gasteiger partial charge >= 0.3 is 11.9 Å².